The zero-order valence-corrected chi connectivity index (χ0v) is 26.9. The van der Waals surface area contributed by atoms with E-state index in [1.165, 1.54) is 0 Å². The van der Waals surface area contributed by atoms with Crippen molar-refractivity contribution in [2.75, 3.05) is 0 Å². The molecule has 0 aromatic rings. The van der Waals surface area contributed by atoms with Crippen LogP contribution in [0, 0.1) is 23.7 Å². The molecule has 2 fully saturated rings. The van der Waals surface area contributed by atoms with E-state index in [1.54, 1.807) is 19.1 Å². The Morgan fingerprint density at radius 3 is 1.59 bits per heavy atom. The third-order valence-electron chi connectivity index (χ3n) is 7.61. The van der Waals surface area contributed by atoms with Crippen LogP contribution in [0.3, 0.4) is 0 Å². The molecule has 0 saturated carbocycles. The van der Waals surface area contributed by atoms with Gasteiger partial charge in [0.25, 0.3) is 0 Å². The summed E-state index contributed by atoms with van der Waals surface area (Å²) < 4.78 is 12.0. The standard InChI is InChI=1S/C18H29NO3.C16H27NO2/c1-12(2)6-9-18(21)19-16-10-14(4)17(22-15(16)5)8-7-13(3)11-20;1-6-7-15-12(4)10-14(13(5)19-15)17-16(18)9-8-11(2)3/h6-7,9,11-12,14-17H,8,10H2,1-5H3,(H,19,21);6,8-9,11-15H,1,7,10H2,2-5H3,(H,17,18)/b9-6-,13-7+;9-8-/t14-,15+,16+,17-;12-,13+,14+,15-/m00/s1. The molecule has 0 spiro atoms. The molecule has 8 atom stereocenters. The first-order valence-electron chi connectivity index (χ1n) is 15.3. The van der Waals surface area contributed by atoms with E-state index in [0.29, 0.717) is 23.7 Å². The van der Waals surface area contributed by atoms with Gasteiger partial charge in [0.15, 0.2) is 0 Å². The number of ether oxygens (including phenoxy) is 2. The van der Waals surface area contributed by atoms with E-state index in [0.717, 1.165) is 37.5 Å². The van der Waals surface area contributed by atoms with E-state index in [2.05, 4.69) is 44.9 Å². The molecular weight excluding hydrogens is 516 g/mol. The van der Waals surface area contributed by atoms with Gasteiger partial charge in [-0.25, -0.2) is 0 Å². The van der Waals surface area contributed by atoms with Crippen molar-refractivity contribution in [2.45, 2.75) is 124 Å². The zero-order valence-electron chi connectivity index (χ0n) is 26.9. The van der Waals surface area contributed by atoms with Gasteiger partial charge in [-0.2, -0.15) is 0 Å². The molecule has 0 bridgehead atoms. The third kappa shape index (κ3) is 14.3. The minimum Gasteiger partial charge on any atom is -0.373 e. The third-order valence-corrected chi connectivity index (χ3v) is 7.61. The highest BCUT2D eigenvalue weighted by Gasteiger charge is 2.34. The fraction of sp³-hybridized carbons (Fsp3) is 0.676. The molecule has 2 rings (SSSR count). The maximum absolute atomic E-state index is 11.9. The van der Waals surface area contributed by atoms with E-state index in [1.807, 2.05) is 52.0 Å². The lowest BCUT2D eigenvalue weighted by atomic mass is 9.88. The largest absolute Gasteiger partial charge is 0.373 e. The summed E-state index contributed by atoms with van der Waals surface area (Å²) in [5.41, 5.74) is 0.734. The number of amides is 2. The minimum atomic E-state index is -0.0588. The second kappa shape index (κ2) is 18.8. The van der Waals surface area contributed by atoms with Gasteiger partial charge in [-0.3, -0.25) is 14.4 Å². The van der Waals surface area contributed by atoms with Gasteiger partial charge >= 0.3 is 0 Å². The molecular formula is C34H56N2O5. The molecule has 41 heavy (non-hydrogen) atoms. The van der Waals surface area contributed by atoms with Gasteiger partial charge in [0.1, 0.15) is 6.29 Å². The summed E-state index contributed by atoms with van der Waals surface area (Å²) in [6.45, 7) is 22.1. The first kappa shape index (κ1) is 36.5. The molecule has 2 N–H and O–H groups in total. The van der Waals surface area contributed by atoms with Gasteiger partial charge in [-0.1, -0.05) is 65.8 Å². The van der Waals surface area contributed by atoms with Crippen LogP contribution in [0.15, 0.2) is 48.6 Å². The molecule has 232 valence electrons. The SMILES string of the molecule is C/C(C=O)=C\C[C@@H]1O[C@H](C)[C@H](NC(=O)/C=C\C(C)C)C[C@@H]1C.C=CC[C@@H]1O[C@H](C)[C@H](NC(=O)/C=C\C(C)C)C[C@@H]1C. The van der Waals surface area contributed by atoms with Gasteiger partial charge < -0.3 is 20.1 Å². The van der Waals surface area contributed by atoms with Crippen LogP contribution in [0.4, 0.5) is 0 Å². The maximum atomic E-state index is 11.9. The molecule has 0 aromatic carbocycles. The summed E-state index contributed by atoms with van der Waals surface area (Å²) in [5, 5.41) is 6.07. The molecule has 2 amide bonds. The smallest absolute Gasteiger partial charge is 0.243 e. The average Bonchev–Trinajstić information content (AvgIpc) is 2.90. The van der Waals surface area contributed by atoms with Gasteiger partial charge in [0.2, 0.25) is 11.8 Å². The van der Waals surface area contributed by atoms with Crippen molar-refractivity contribution in [1.82, 2.24) is 10.6 Å². The van der Waals surface area contributed by atoms with Crippen LogP contribution in [-0.2, 0) is 23.9 Å². The molecule has 2 aliphatic rings. The Hall–Kier alpha value is -2.51. The minimum absolute atomic E-state index is 0.0245. The maximum Gasteiger partial charge on any atom is 0.243 e. The highest BCUT2D eigenvalue weighted by molar-refractivity contribution is 5.88. The molecule has 0 unspecified atom stereocenters. The van der Waals surface area contributed by atoms with Crippen molar-refractivity contribution in [3.63, 3.8) is 0 Å². The summed E-state index contributed by atoms with van der Waals surface area (Å²) in [6, 6.07) is 0.132. The fourth-order valence-corrected chi connectivity index (χ4v) is 4.96. The Bertz CT molecular complexity index is 922. The lowest BCUT2D eigenvalue weighted by molar-refractivity contribution is -0.124. The average molecular weight is 573 g/mol. The number of carbonyl (C=O) groups excluding carboxylic acids is 3. The number of rotatable bonds is 11. The van der Waals surface area contributed by atoms with Gasteiger partial charge in [-0.15, -0.1) is 6.58 Å². The number of nitrogens with one attached hydrogen (secondary N) is 2. The number of hydrogen-bond donors (Lipinski definition) is 2. The Morgan fingerprint density at radius 1 is 0.805 bits per heavy atom. The first-order valence-corrected chi connectivity index (χ1v) is 15.3. The predicted octanol–water partition coefficient (Wildman–Crippen LogP) is 6.11. The van der Waals surface area contributed by atoms with E-state index in [4.69, 9.17) is 9.47 Å². The molecule has 2 saturated heterocycles. The lowest BCUT2D eigenvalue weighted by Crippen LogP contribution is -2.50. The van der Waals surface area contributed by atoms with E-state index in [9.17, 15) is 14.4 Å². The zero-order chi connectivity index (χ0) is 31.1. The summed E-state index contributed by atoms with van der Waals surface area (Å²) in [6.07, 6.45) is 15.5. The first-order chi connectivity index (χ1) is 19.3. The highest BCUT2D eigenvalue weighted by Crippen LogP contribution is 2.28. The lowest BCUT2D eigenvalue weighted by Gasteiger charge is -2.39. The van der Waals surface area contributed by atoms with Crippen LogP contribution in [0.2, 0.25) is 0 Å². The highest BCUT2D eigenvalue weighted by atomic mass is 16.5. The quantitative estimate of drug-likeness (QED) is 0.177. The predicted molar refractivity (Wildman–Crippen MR) is 167 cm³/mol. The monoisotopic (exact) mass is 572 g/mol. The topological polar surface area (TPSA) is 93.7 Å². The second-order valence-electron chi connectivity index (χ2n) is 12.4. The Kier molecular flexibility index (Phi) is 16.8. The Labute approximate surface area is 249 Å². The fourth-order valence-electron chi connectivity index (χ4n) is 4.96. The van der Waals surface area contributed by atoms with Crippen LogP contribution in [0.25, 0.3) is 0 Å². The van der Waals surface area contributed by atoms with E-state index < -0.39 is 0 Å². The van der Waals surface area contributed by atoms with Crippen molar-refractivity contribution in [1.29, 1.82) is 0 Å². The summed E-state index contributed by atoms with van der Waals surface area (Å²) in [5.74, 6) is 1.45. The molecule has 0 radical (unpaired) electrons. The van der Waals surface area contributed by atoms with Gasteiger partial charge in [-0.05, 0) is 87.9 Å². The van der Waals surface area contributed by atoms with Crippen LogP contribution < -0.4 is 10.6 Å². The number of carbonyl (C=O) groups is 3. The molecule has 7 nitrogen and oxygen atoms in total. The molecule has 7 heteroatoms. The van der Waals surface area contributed by atoms with E-state index in [-0.39, 0.29) is 48.3 Å². The second-order valence-corrected chi connectivity index (χ2v) is 12.4. The molecule has 2 heterocycles. The molecule has 0 aliphatic carbocycles. The Balaban J connectivity index is 0.000000414. The van der Waals surface area contributed by atoms with Gasteiger partial charge in [0.05, 0.1) is 36.5 Å². The van der Waals surface area contributed by atoms with Crippen LogP contribution >= 0.6 is 0 Å². The van der Waals surface area contributed by atoms with Crippen molar-refractivity contribution < 1.29 is 23.9 Å². The number of aldehydes is 1. The normalized spacial score (nSPS) is 30.7. The van der Waals surface area contributed by atoms with Crippen molar-refractivity contribution in [3.8, 4) is 0 Å². The molecule has 2 aliphatic heterocycles. The van der Waals surface area contributed by atoms with Crippen molar-refractivity contribution >= 4 is 18.1 Å². The summed E-state index contributed by atoms with van der Waals surface area (Å²) in [4.78, 5) is 34.4. The number of allylic oxidation sites excluding steroid dienone is 3. The van der Waals surface area contributed by atoms with Crippen LogP contribution in [-0.4, -0.2) is 54.6 Å². The van der Waals surface area contributed by atoms with Gasteiger partial charge in [0, 0.05) is 0 Å². The van der Waals surface area contributed by atoms with Crippen LogP contribution in [0.1, 0.15) is 88.0 Å². The summed E-state index contributed by atoms with van der Waals surface area (Å²) in [7, 11) is 0. The van der Waals surface area contributed by atoms with Crippen molar-refractivity contribution in [2.24, 2.45) is 23.7 Å². The van der Waals surface area contributed by atoms with Crippen molar-refractivity contribution in [3.05, 3.63) is 48.6 Å². The number of hydrogen-bond acceptors (Lipinski definition) is 5. The van der Waals surface area contributed by atoms with Crippen LogP contribution in [0.5, 0.6) is 0 Å². The molecule has 0 aromatic heterocycles. The summed E-state index contributed by atoms with van der Waals surface area (Å²) >= 11 is 0. The van der Waals surface area contributed by atoms with E-state index >= 15 is 0 Å². The Morgan fingerprint density at radius 2 is 1.22 bits per heavy atom.